The van der Waals surface area contributed by atoms with Crippen molar-refractivity contribution in [1.29, 1.82) is 0 Å². The van der Waals surface area contributed by atoms with Crippen molar-refractivity contribution in [2.24, 2.45) is 0 Å². The summed E-state index contributed by atoms with van der Waals surface area (Å²) in [5.74, 6) is -2.92. The first-order chi connectivity index (χ1) is 11.9. The summed E-state index contributed by atoms with van der Waals surface area (Å²) in [6.45, 7) is 3.97. The molecule has 1 atom stereocenters. The van der Waals surface area contributed by atoms with Gasteiger partial charge in [0.15, 0.2) is 11.7 Å². The van der Waals surface area contributed by atoms with E-state index < -0.39 is 17.7 Å². The highest BCUT2D eigenvalue weighted by molar-refractivity contribution is 7.10. The molecule has 2 heterocycles. The van der Waals surface area contributed by atoms with Crippen molar-refractivity contribution in [3.8, 4) is 5.69 Å². The van der Waals surface area contributed by atoms with E-state index >= 15 is 0 Å². The monoisotopic (exact) mass is 373 g/mol. The number of aromatic nitrogens is 1. The molecule has 6 heteroatoms. The molecule has 25 heavy (non-hydrogen) atoms. The minimum Gasteiger partial charge on any atom is -0.480 e. The summed E-state index contributed by atoms with van der Waals surface area (Å²) in [5.41, 5.74) is 3.16. The van der Waals surface area contributed by atoms with Crippen molar-refractivity contribution < 1.29 is 14.7 Å². The summed E-state index contributed by atoms with van der Waals surface area (Å²) in [7, 11) is 0. The molecular weight excluding hydrogens is 358 g/mol. The molecule has 3 rings (SSSR count). The summed E-state index contributed by atoms with van der Waals surface area (Å²) >= 11 is 7.58. The van der Waals surface area contributed by atoms with Crippen LogP contribution in [-0.4, -0.2) is 21.4 Å². The quantitative estimate of drug-likeness (QED) is 0.513. The molecule has 0 amide bonds. The van der Waals surface area contributed by atoms with Gasteiger partial charge in [0.05, 0.1) is 5.02 Å². The van der Waals surface area contributed by atoms with Crippen molar-refractivity contribution in [3.63, 3.8) is 0 Å². The molecule has 0 spiro atoms. The molecule has 2 aromatic heterocycles. The number of rotatable bonds is 5. The predicted molar refractivity (Wildman–Crippen MR) is 99.3 cm³/mol. The van der Waals surface area contributed by atoms with Crippen molar-refractivity contribution >= 4 is 34.7 Å². The fourth-order valence-electron chi connectivity index (χ4n) is 2.89. The third kappa shape index (κ3) is 3.25. The van der Waals surface area contributed by atoms with Crippen LogP contribution in [0.1, 0.15) is 32.5 Å². The summed E-state index contributed by atoms with van der Waals surface area (Å²) in [6.07, 6.45) is 0. The Bertz CT molecular complexity index is 924. The first-order valence-electron chi connectivity index (χ1n) is 7.65. The van der Waals surface area contributed by atoms with Gasteiger partial charge in [-0.2, -0.15) is 0 Å². The number of ketones is 1. The van der Waals surface area contributed by atoms with Crippen molar-refractivity contribution in [2.75, 3.05) is 0 Å². The molecule has 0 aliphatic heterocycles. The SMILES string of the molecule is Cc1ccc(C)n1-c1ccc(C(=O)C(C(=O)O)c2cccs2)c(Cl)c1. The lowest BCUT2D eigenvalue weighted by Gasteiger charge is -2.14. The Morgan fingerprint density at radius 1 is 1.12 bits per heavy atom. The van der Waals surface area contributed by atoms with E-state index in [1.54, 1.807) is 35.7 Å². The largest absolute Gasteiger partial charge is 0.480 e. The Kier molecular flexibility index (Phi) is 4.79. The molecule has 3 aromatic rings. The number of aliphatic carboxylic acids is 1. The van der Waals surface area contributed by atoms with Gasteiger partial charge >= 0.3 is 5.97 Å². The third-order valence-corrected chi connectivity index (χ3v) is 5.33. The van der Waals surface area contributed by atoms with E-state index in [1.807, 2.05) is 30.5 Å². The van der Waals surface area contributed by atoms with Gasteiger partial charge in [0, 0.05) is 27.5 Å². The number of aryl methyl sites for hydroxylation is 2. The van der Waals surface area contributed by atoms with Crippen LogP contribution >= 0.6 is 22.9 Å². The molecule has 0 radical (unpaired) electrons. The van der Waals surface area contributed by atoms with E-state index in [2.05, 4.69) is 0 Å². The fourth-order valence-corrected chi connectivity index (χ4v) is 3.98. The Morgan fingerprint density at radius 2 is 1.80 bits per heavy atom. The average molecular weight is 374 g/mol. The van der Waals surface area contributed by atoms with E-state index in [9.17, 15) is 14.7 Å². The van der Waals surface area contributed by atoms with E-state index in [4.69, 9.17) is 11.6 Å². The van der Waals surface area contributed by atoms with Crippen LogP contribution < -0.4 is 0 Å². The maximum Gasteiger partial charge on any atom is 0.319 e. The van der Waals surface area contributed by atoms with Crippen LogP contribution in [-0.2, 0) is 4.79 Å². The zero-order valence-corrected chi connectivity index (χ0v) is 15.3. The zero-order chi connectivity index (χ0) is 18.1. The second-order valence-electron chi connectivity index (χ2n) is 5.77. The zero-order valence-electron chi connectivity index (χ0n) is 13.7. The highest BCUT2D eigenvalue weighted by atomic mass is 35.5. The molecular formula is C19H16ClNO3S. The van der Waals surface area contributed by atoms with Gasteiger partial charge in [0.1, 0.15) is 0 Å². The Morgan fingerprint density at radius 3 is 2.32 bits per heavy atom. The van der Waals surface area contributed by atoms with Gasteiger partial charge in [-0.25, -0.2) is 0 Å². The van der Waals surface area contributed by atoms with Crippen LogP contribution in [0.2, 0.25) is 5.02 Å². The number of carbonyl (C=O) groups is 2. The summed E-state index contributed by atoms with van der Waals surface area (Å²) in [4.78, 5) is 24.9. The van der Waals surface area contributed by atoms with Crippen LogP contribution in [0.3, 0.4) is 0 Å². The highest BCUT2D eigenvalue weighted by Gasteiger charge is 2.31. The standard InChI is InChI=1S/C19H16ClNO3S/c1-11-5-6-12(2)21(11)13-7-8-14(15(20)10-13)18(22)17(19(23)24)16-4-3-9-25-16/h3-10,17H,1-2H3,(H,23,24). The van der Waals surface area contributed by atoms with E-state index in [0.717, 1.165) is 17.1 Å². The van der Waals surface area contributed by atoms with E-state index in [1.165, 1.54) is 11.3 Å². The molecule has 0 bridgehead atoms. The Balaban J connectivity index is 2.01. The summed E-state index contributed by atoms with van der Waals surface area (Å²) in [5, 5.41) is 11.5. The molecule has 0 saturated heterocycles. The number of carboxylic acid groups (broad SMARTS) is 1. The number of halogens is 1. The van der Waals surface area contributed by atoms with Crippen molar-refractivity contribution in [3.05, 3.63) is 74.7 Å². The lowest BCUT2D eigenvalue weighted by atomic mass is 9.96. The number of carbonyl (C=O) groups excluding carboxylic acids is 1. The minimum atomic E-state index is -1.24. The second kappa shape index (κ2) is 6.86. The molecule has 1 N–H and O–H groups in total. The average Bonchev–Trinajstić information content (AvgIpc) is 3.17. The molecule has 0 saturated carbocycles. The molecule has 0 aliphatic rings. The summed E-state index contributed by atoms with van der Waals surface area (Å²) < 4.78 is 2.02. The lowest BCUT2D eigenvalue weighted by Crippen LogP contribution is -2.21. The van der Waals surface area contributed by atoms with Gasteiger partial charge in [-0.05, 0) is 55.6 Å². The van der Waals surface area contributed by atoms with Crippen molar-refractivity contribution in [2.45, 2.75) is 19.8 Å². The van der Waals surface area contributed by atoms with Crippen LogP contribution in [0.15, 0.2) is 47.8 Å². The smallest absolute Gasteiger partial charge is 0.319 e. The van der Waals surface area contributed by atoms with Gasteiger partial charge < -0.3 is 9.67 Å². The van der Waals surface area contributed by atoms with Gasteiger partial charge in [-0.15, -0.1) is 11.3 Å². The van der Waals surface area contributed by atoms with Crippen LogP contribution in [0.25, 0.3) is 5.69 Å². The lowest BCUT2D eigenvalue weighted by molar-refractivity contribution is -0.137. The topological polar surface area (TPSA) is 59.3 Å². The summed E-state index contributed by atoms with van der Waals surface area (Å²) in [6, 6.07) is 12.5. The van der Waals surface area contributed by atoms with Crippen LogP contribution in [0.4, 0.5) is 0 Å². The van der Waals surface area contributed by atoms with Gasteiger partial charge in [0.2, 0.25) is 0 Å². The van der Waals surface area contributed by atoms with E-state index in [0.29, 0.717) is 4.88 Å². The maximum absolute atomic E-state index is 12.8. The number of hydrogen-bond acceptors (Lipinski definition) is 3. The van der Waals surface area contributed by atoms with Crippen LogP contribution in [0, 0.1) is 13.8 Å². The molecule has 128 valence electrons. The normalized spacial score (nSPS) is 12.1. The number of carboxylic acids is 1. The second-order valence-corrected chi connectivity index (χ2v) is 7.15. The number of nitrogens with zero attached hydrogens (tertiary/aromatic N) is 1. The van der Waals surface area contributed by atoms with Gasteiger partial charge in [0.25, 0.3) is 0 Å². The number of thiophene rings is 1. The molecule has 1 unspecified atom stereocenters. The highest BCUT2D eigenvalue weighted by Crippen LogP contribution is 2.30. The Labute approximate surface area is 154 Å². The number of benzene rings is 1. The van der Waals surface area contributed by atoms with Crippen molar-refractivity contribution in [1.82, 2.24) is 4.57 Å². The fraction of sp³-hybridized carbons (Fsp3) is 0.158. The maximum atomic E-state index is 12.8. The molecule has 1 aromatic carbocycles. The molecule has 4 nitrogen and oxygen atoms in total. The molecule has 0 fully saturated rings. The van der Waals surface area contributed by atoms with E-state index in [-0.39, 0.29) is 10.6 Å². The van der Waals surface area contributed by atoms with Gasteiger partial charge in [-0.3, -0.25) is 9.59 Å². The van der Waals surface area contributed by atoms with Gasteiger partial charge in [-0.1, -0.05) is 17.7 Å². The number of Topliss-reactive ketones (excluding diaryl/α,β-unsaturated/α-hetero) is 1. The minimum absolute atomic E-state index is 0.216. The molecule has 0 aliphatic carbocycles. The first kappa shape index (κ1) is 17.5. The van der Waals surface area contributed by atoms with Crippen LogP contribution in [0.5, 0.6) is 0 Å². The first-order valence-corrected chi connectivity index (χ1v) is 8.91. The Hall–Kier alpha value is -2.37. The number of hydrogen-bond donors (Lipinski definition) is 1. The predicted octanol–water partition coefficient (Wildman–Crippen LogP) is 4.86. The third-order valence-electron chi connectivity index (χ3n) is 4.08.